The first-order valence-corrected chi connectivity index (χ1v) is 6.96. The van der Waals surface area contributed by atoms with Crippen molar-refractivity contribution in [3.63, 3.8) is 0 Å². The number of halogens is 1. The molecule has 19 heavy (non-hydrogen) atoms. The fourth-order valence-corrected chi connectivity index (χ4v) is 2.41. The number of hydrogen-bond acceptors (Lipinski definition) is 4. The molecule has 0 saturated heterocycles. The quantitative estimate of drug-likeness (QED) is 0.743. The number of hydrogen-bond donors (Lipinski definition) is 3. The molecule has 2 rings (SSSR count). The molecule has 0 aliphatic rings. The largest absolute Gasteiger partial charge is 0.335 e. The molecule has 0 spiro atoms. The van der Waals surface area contributed by atoms with E-state index >= 15 is 0 Å². The minimum absolute atomic E-state index is 0.0634. The summed E-state index contributed by atoms with van der Waals surface area (Å²) in [6, 6.07) is 4.45. The Balaban J connectivity index is 2.11. The first kappa shape index (κ1) is 13.7. The average molecular weight is 284 g/mol. The minimum Gasteiger partial charge on any atom is -0.335 e. The molecule has 1 aromatic heterocycles. The second-order valence-corrected chi connectivity index (χ2v) is 5.61. The van der Waals surface area contributed by atoms with E-state index in [0.717, 1.165) is 0 Å². The van der Waals surface area contributed by atoms with Crippen LogP contribution in [0.15, 0.2) is 35.7 Å². The molecule has 0 amide bonds. The standard InChI is InChI=1S/C11H13FN4O2S/c12-10-3-8(4-13)1-2-9(10)5-16-19(17,18)11-6-14-7-15-11/h1-3,6-7,16H,4-5,13H2,(H,14,15). The Hall–Kier alpha value is -1.77. The van der Waals surface area contributed by atoms with Crippen LogP contribution >= 0.6 is 0 Å². The van der Waals surface area contributed by atoms with Crippen molar-refractivity contribution in [3.05, 3.63) is 47.7 Å². The van der Waals surface area contributed by atoms with E-state index < -0.39 is 15.8 Å². The van der Waals surface area contributed by atoms with Crippen molar-refractivity contribution in [2.75, 3.05) is 0 Å². The van der Waals surface area contributed by atoms with Gasteiger partial charge in [-0.05, 0) is 11.6 Å². The summed E-state index contributed by atoms with van der Waals surface area (Å²) in [6.07, 6.45) is 2.43. The zero-order chi connectivity index (χ0) is 13.9. The van der Waals surface area contributed by atoms with E-state index in [4.69, 9.17) is 5.73 Å². The fourth-order valence-electron chi connectivity index (χ4n) is 1.50. The van der Waals surface area contributed by atoms with Gasteiger partial charge in [0.2, 0.25) is 0 Å². The zero-order valence-electron chi connectivity index (χ0n) is 9.93. The second kappa shape index (κ2) is 5.47. The number of rotatable bonds is 5. The number of sulfonamides is 1. The van der Waals surface area contributed by atoms with Crippen molar-refractivity contribution >= 4 is 10.0 Å². The molecular formula is C11H13FN4O2S. The van der Waals surface area contributed by atoms with Gasteiger partial charge < -0.3 is 10.7 Å². The van der Waals surface area contributed by atoms with E-state index in [9.17, 15) is 12.8 Å². The lowest BCUT2D eigenvalue weighted by Gasteiger charge is -2.07. The highest BCUT2D eigenvalue weighted by atomic mass is 32.2. The summed E-state index contributed by atoms with van der Waals surface area (Å²) in [6.45, 7) is 0.0924. The number of benzene rings is 1. The van der Waals surface area contributed by atoms with Crippen LogP contribution in [0.25, 0.3) is 0 Å². The molecule has 4 N–H and O–H groups in total. The maximum Gasteiger partial charge on any atom is 0.257 e. The number of aromatic amines is 1. The first-order chi connectivity index (χ1) is 9.03. The van der Waals surface area contributed by atoms with E-state index in [-0.39, 0.29) is 23.7 Å². The van der Waals surface area contributed by atoms with E-state index in [0.29, 0.717) is 5.56 Å². The Morgan fingerprint density at radius 2 is 2.21 bits per heavy atom. The van der Waals surface area contributed by atoms with Crippen LogP contribution in [0, 0.1) is 5.82 Å². The third-order valence-corrected chi connectivity index (χ3v) is 3.90. The van der Waals surface area contributed by atoms with Crippen LogP contribution in [0.1, 0.15) is 11.1 Å². The molecule has 0 fully saturated rings. The van der Waals surface area contributed by atoms with Crippen LogP contribution in [0.5, 0.6) is 0 Å². The van der Waals surface area contributed by atoms with Crippen molar-refractivity contribution in [3.8, 4) is 0 Å². The fraction of sp³-hybridized carbons (Fsp3) is 0.182. The lowest BCUT2D eigenvalue weighted by atomic mass is 10.1. The van der Waals surface area contributed by atoms with Gasteiger partial charge in [-0.1, -0.05) is 12.1 Å². The number of nitrogens with zero attached hydrogens (tertiary/aromatic N) is 1. The van der Waals surface area contributed by atoms with Gasteiger partial charge in [0.1, 0.15) is 5.82 Å². The van der Waals surface area contributed by atoms with Gasteiger partial charge in [-0.15, -0.1) is 0 Å². The highest BCUT2D eigenvalue weighted by Crippen LogP contribution is 2.11. The molecule has 2 aromatic rings. The Morgan fingerprint density at radius 1 is 1.42 bits per heavy atom. The number of nitrogens with two attached hydrogens (primary N) is 1. The summed E-state index contributed by atoms with van der Waals surface area (Å²) in [4.78, 5) is 6.10. The maximum absolute atomic E-state index is 13.6. The molecule has 0 radical (unpaired) electrons. The van der Waals surface area contributed by atoms with Gasteiger partial charge in [0, 0.05) is 18.7 Å². The monoisotopic (exact) mass is 284 g/mol. The first-order valence-electron chi connectivity index (χ1n) is 5.48. The summed E-state index contributed by atoms with van der Waals surface area (Å²) in [5.41, 5.74) is 6.29. The Kier molecular flexibility index (Phi) is 3.93. The third kappa shape index (κ3) is 3.16. The van der Waals surface area contributed by atoms with Crippen molar-refractivity contribution in [2.45, 2.75) is 18.1 Å². The third-order valence-electron chi connectivity index (χ3n) is 2.57. The van der Waals surface area contributed by atoms with Gasteiger partial charge >= 0.3 is 0 Å². The molecule has 6 nitrogen and oxygen atoms in total. The lowest BCUT2D eigenvalue weighted by molar-refractivity contribution is 0.571. The maximum atomic E-state index is 13.6. The molecular weight excluding hydrogens is 271 g/mol. The van der Waals surface area contributed by atoms with E-state index in [2.05, 4.69) is 14.7 Å². The number of imidazole rings is 1. The predicted octanol–water partition coefficient (Wildman–Crippen LogP) is 0.486. The molecule has 0 bridgehead atoms. The van der Waals surface area contributed by atoms with E-state index in [1.54, 1.807) is 6.07 Å². The molecule has 0 atom stereocenters. The Morgan fingerprint density at radius 3 is 2.79 bits per heavy atom. The number of nitrogens with one attached hydrogen (secondary N) is 2. The highest BCUT2D eigenvalue weighted by Gasteiger charge is 2.15. The van der Waals surface area contributed by atoms with Crippen molar-refractivity contribution in [1.29, 1.82) is 0 Å². The smallest absolute Gasteiger partial charge is 0.257 e. The number of H-pyrrole nitrogens is 1. The van der Waals surface area contributed by atoms with Crippen LogP contribution < -0.4 is 10.5 Å². The highest BCUT2D eigenvalue weighted by molar-refractivity contribution is 7.89. The summed E-state index contributed by atoms with van der Waals surface area (Å²) in [5, 5.41) is -0.0634. The lowest BCUT2D eigenvalue weighted by Crippen LogP contribution is -2.24. The van der Waals surface area contributed by atoms with Crippen molar-refractivity contribution in [2.24, 2.45) is 5.73 Å². The van der Waals surface area contributed by atoms with Crippen LogP contribution in [0.4, 0.5) is 4.39 Å². The molecule has 102 valence electrons. The van der Waals surface area contributed by atoms with E-state index in [1.165, 1.54) is 24.7 Å². The summed E-state index contributed by atoms with van der Waals surface area (Å²) in [5.74, 6) is -0.490. The zero-order valence-corrected chi connectivity index (χ0v) is 10.7. The predicted molar refractivity (Wildman–Crippen MR) is 66.9 cm³/mol. The van der Waals surface area contributed by atoms with Crippen LogP contribution in [-0.2, 0) is 23.1 Å². The molecule has 0 aliphatic heterocycles. The Labute approximate surface area is 109 Å². The SMILES string of the molecule is NCc1ccc(CNS(=O)(=O)c2cnc[nH]2)c(F)c1. The normalized spacial score (nSPS) is 11.7. The van der Waals surface area contributed by atoms with Gasteiger partial charge in [-0.2, -0.15) is 0 Å². The molecule has 1 heterocycles. The summed E-state index contributed by atoms with van der Waals surface area (Å²) < 4.78 is 39.5. The van der Waals surface area contributed by atoms with Crippen LogP contribution in [-0.4, -0.2) is 18.4 Å². The van der Waals surface area contributed by atoms with Gasteiger partial charge in [0.05, 0.1) is 12.5 Å². The molecule has 8 heteroatoms. The van der Waals surface area contributed by atoms with Gasteiger partial charge in [0.15, 0.2) is 5.03 Å². The Bertz CT molecular complexity index is 655. The summed E-state index contributed by atoms with van der Waals surface area (Å²) >= 11 is 0. The second-order valence-electron chi connectivity index (χ2n) is 3.87. The van der Waals surface area contributed by atoms with Crippen LogP contribution in [0.3, 0.4) is 0 Å². The van der Waals surface area contributed by atoms with Crippen LogP contribution in [0.2, 0.25) is 0 Å². The van der Waals surface area contributed by atoms with Crippen molar-refractivity contribution < 1.29 is 12.8 Å². The van der Waals surface area contributed by atoms with Gasteiger partial charge in [-0.3, -0.25) is 0 Å². The van der Waals surface area contributed by atoms with E-state index in [1.807, 2.05) is 0 Å². The van der Waals surface area contributed by atoms with Gasteiger partial charge in [0.25, 0.3) is 10.0 Å². The molecule has 1 aromatic carbocycles. The minimum atomic E-state index is -3.71. The molecule has 0 saturated carbocycles. The van der Waals surface area contributed by atoms with Crippen molar-refractivity contribution in [1.82, 2.24) is 14.7 Å². The summed E-state index contributed by atoms with van der Waals surface area (Å²) in [7, 11) is -3.71. The molecule has 0 unspecified atom stereocenters. The number of aromatic nitrogens is 2. The average Bonchev–Trinajstić information content (AvgIpc) is 2.92. The topological polar surface area (TPSA) is 101 Å². The van der Waals surface area contributed by atoms with Gasteiger partial charge in [-0.25, -0.2) is 22.5 Å². The molecule has 0 aliphatic carbocycles.